The second-order valence-electron chi connectivity index (χ2n) is 18.5. The van der Waals surface area contributed by atoms with E-state index >= 15 is 0 Å². The predicted octanol–water partition coefficient (Wildman–Crippen LogP) is 16.5. The number of hydrogen-bond acceptors (Lipinski definition) is 6. The van der Waals surface area contributed by atoms with Crippen LogP contribution in [0.25, 0.3) is 0 Å². The summed E-state index contributed by atoms with van der Waals surface area (Å²) in [7, 11) is 0. The molecule has 0 saturated carbocycles. The van der Waals surface area contributed by atoms with Crippen LogP contribution in [0.4, 0.5) is 0 Å². The molecule has 344 valence electrons. The number of unbranched alkanes of at least 4 members (excludes halogenated alkanes) is 30. The molecule has 0 saturated heterocycles. The predicted molar refractivity (Wildman–Crippen MR) is 247 cm³/mol. The molecule has 0 N–H and O–H groups in total. The van der Waals surface area contributed by atoms with Gasteiger partial charge in [0, 0.05) is 19.3 Å². The van der Waals surface area contributed by atoms with Crippen LogP contribution in [0.2, 0.25) is 0 Å². The number of carbonyl (C=O) groups is 3. The quantitative estimate of drug-likeness (QED) is 0.0346. The van der Waals surface area contributed by atoms with Gasteiger partial charge in [-0.1, -0.05) is 247 Å². The fourth-order valence-electron chi connectivity index (χ4n) is 7.78. The van der Waals surface area contributed by atoms with Crippen LogP contribution in [0.3, 0.4) is 0 Å². The summed E-state index contributed by atoms with van der Waals surface area (Å²) >= 11 is 0. The van der Waals surface area contributed by atoms with Crippen molar-refractivity contribution >= 4 is 17.9 Å². The topological polar surface area (TPSA) is 78.9 Å². The summed E-state index contributed by atoms with van der Waals surface area (Å²) in [5.74, 6) is 0.779. The van der Waals surface area contributed by atoms with Gasteiger partial charge >= 0.3 is 17.9 Å². The average Bonchev–Trinajstić information content (AvgIpc) is 3.21. The van der Waals surface area contributed by atoms with Crippen molar-refractivity contribution in [2.45, 2.75) is 291 Å². The molecule has 0 aromatic rings. The zero-order valence-corrected chi connectivity index (χ0v) is 39.7. The first-order valence-corrected chi connectivity index (χ1v) is 25.8. The lowest BCUT2D eigenvalue weighted by Crippen LogP contribution is -2.30. The highest BCUT2D eigenvalue weighted by Crippen LogP contribution is 2.18. The SMILES string of the molecule is CCCCCCCCCCCCCCCCCCCC(=O)O[C@@H](COC(=O)CCCCCCCCCCCCC(C)CC)COC(=O)CCCCCCCCC(C)C. The molecule has 0 bridgehead atoms. The molecule has 0 fully saturated rings. The number of carbonyl (C=O) groups excluding carboxylic acids is 3. The average molecular weight is 821 g/mol. The van der Waals surface area contributed by atoms with Gasteiger partial charge in [-0.15, -0.1) is 0 Å². The minimum Gasteiger partial charge on any atom is -0.462 e. The van der Waals surface area contributed by atoms with Crippen LogP contribution < -0.4 is 0 Å². The Hall–Kier alpha value is -1.59. The summed E-state index contributed by atoms with van der Waals surface area (Å²) in [6, 6.07) is 0. The van der Waals surface area contributed by atoms with Crippen LogP contribution in [0.15, 0.2) is 0 Å². The van der Waals surface area contributed by atoms with Gasteiger partial charge in [0.15, 0.2) is 6.10 Å². The number of ether oxygens (including phenoxy) is 3. The molecule has 6 heteroatoms. The highest BCUT2D eigenvalue weighted by Gasteiger charge is 2.19. The van der Waals surface area contributed by atoms with Crippen molar-refractivity contribution in [3.63, 3.8) is 0 Å². The Morgan fingerprint density at radius 2 is 0.655 bits per heavy atom. The largest absolute Gasteiger partial charge is 0.462 e. The number of esters is 3. The maximum Gasteiger partial charge on any atom is 0.306 e. The second kappa shape index (κ2) is 44.9. The van der Waals surface area contributed by atoms with Gasteiger partial charge in [0.25, 0.3) is 0 Å². The van der Waals surface area contributed by atoms with E-state index in [9.17, 15) is 14.4 Å². The summed E-state index contributed by atoms with van der Waals surface area (Å²) in [4.78, 5) is 37.9. The molecule has 0 spiro atoms. The second-order valence-corrected chi connectivity index (χ2v) is 18.5. The summed E-state index contributed by atoms with van der Waals surface area (Å²) in [6.07, 6.45) is 45.3. The van der Waals surface area contributed by atoms with Gasteiger partial charge in [0.2, 0.25) is 0 Å². The normalized spacial score (nSPS) is 12.5. The van der Waals surface area contributed by atoms with E-state index in [-0.39, 0.29) is 31.1 Å². The van der Waals surface area contributed by atoms with E-state index in [1.165, 1.54) is 173 Å². The molecule has 0 amide bonds. The highest BCUT2D eigenvalue weighted by atomic mass is 16.6. The first kappa shape index (κ1) is 56.4. The zero-order chi connectivity index (χ0) is 42.6. The summed E-state index contributed by atoms with van der Waals surface area (Å²) in [6.45, 7) is 11.3. The van der Waals surface area contributed by atoms with E-state index in [4.69, 9.17) is 14.2 Å². The van der Waals surface area contributed by atoms with E-state index < -0.39 is 6.10 Å². The highest BCUT2D eigenvalue weighted by molar-refractivity contribution is 5.71. The molecule has 0 aliphatic heterocycles. The first-order chi connectivity index (χ1) is 28.3. The number of rotatable bonds is 46. The van der Waals surface area contributed by atoms with Crippen LogP contribution in [-0.4, -0.2) is 37.2 Å². The standard InChI is InChI=1S/C52H100O6/c1-6-8-9-10-11-12-13-14-15-16-17-18-19-24-27-34-39-44-52(55)58-49(46-57-51(54)43-38-33-29-28-30-35-40-47(3)4)45-56-50(53)42-37-32-26-23-21-20-22-25-31-36-41-48(5)7-2/h47-49H,6-46H2,1-5H3/t48?,49-/m0/s1. The Bertz CT molecular complexity index is 887. The van der Waals surface area contributed by atoms with Gasteiger partial charge in [-0.2, -0.15) is 0 Å². The van der Waals surface area contributed by atoms with Crippen LogP contribution in [0.1, 0.15) is 285 Å². The molecule has 2 atom stereocenters. The fourth-order valence-corrected chi connectivity index (χ4v) is 7.78. The van der Waals surface area contributed by atoms with Crippen molar-refractivity contribution in [1.29, 1.82) is 0 Å². The molecule has 0 aromatic heterocycles. The summed E-state index contributed by atoms with van der Waals surface area (Å²) in [5.41, 5.74) is 0. The molecule has 0 aromatic carbocycles. The minimum absolute atomic E-state index is 0.0648. The maximum atomic E-state index is 12.8. The Morgan fingerprint density at radius 3 is 0.983 bits per heavy atom. The molecule has 58 heavy (non-hydrogen) atoms. The third-order valence-corrected chi connectivity index (χ3v) is 12.1. The molecule has 0 heterocycles. The van der Waals surface area contributed by atoms with Crippen LogP contribution >= 0.6 is 0 Å². The van der Waals surface area contributed by atoms with E-state index in [1.54, 1.807) is 0 Å². The van der Waals surface area contributed by atoms with Crippen molar-refractivity contribution in [2.75, 3.05) is 13.2 Å². The van der Waals surface area contributed by atoms with Crippen molar-refractivity contribution in [3.05, 3.63) is 0 Å². The van der Waals surface area contributed by atoms with Gasteiger partial charge in [-0.05, 0) is 31.1 Å². The lowest BCUT2D eigenvalue weighted by molar-refractivity contribution is -0.167. The van der Waals surface area contributed by atoms with Crippen molar-refractivity contribution in [3.8, 4) is 0 Å². The molecule has 6 nitrogen and oxygen atoms in total. The third kappa shape index (κ3) is 44.0. The van der Waals surface area contributed by atoms with E-state index in [2.05, 4.69) is 34.6 Å². The van der Waals surface area contributed by atoms with E-state index in [1.807, 2.05) is 0 Å². The lowest BCUT2D eigenvalue weighted by atomic mass is 9.99. The molecule has 0 aliphatic carbocycles. The van der Waals surface area contributed by atoms with Gasteiger partial charge in [-0.25, -0.2) is 0 Å². The Balaban J connectivity index is 4.27. The van der Waals surface area contributed by atoms with Crippen LogP contribution in [0.5, 0.6) is 0 Å². The van der Waals surface area contributed by atoms with Crippen LogP contribution in [0, 0.1) is 11.8 Å². The van der Waals surface area contributed by atoms with Gasteiger partial charge < -0.3 is 14.2 Å². The van der Waals surface area contributed by atoms with Gasteiger partial charge in [-0.3, -0.25) is 14.4 Å². The minimum atomic E-state index is -0.762. The zero-order valence-electron chi connectivity index (χ0n) is 39.7. The molecule has 1 unspecified atom stereocenters. The van der Waals surface area contributed by atoms with Gasteiger partial charge in [0.1, 0.15) is 13.2 Å². The molecule has 0 radical (unpaired) electrons. The summed E-state index contributed by atoms with van der Waals surface area (Å²) < 4.78 is 16.8. The smallest absolute Gasteiger partial charge is 0.306 e. The van der Waals surface area contributed by atoms with Crippen molar-refractivity contribution in [2.24, 2.45) is 11.8 Å². The van der Waals surface area contributed by atoms with Gasteiger partial charge in [0.05, 0.1) is 0 Å². The molecular formula is C52H100O6. The third-order valence-electron chi connectivity index (χ3n) is 12.1. The molecule has 0 rings (SSSR count). The Morgan fingerprint density at radius 1 is 0.362 bits per heavy atom. The Labute approximate surface area is 361 Å². The fraction of sp³-hybridized carbons (Fsp3) is 0.942. The number of hydrogen-bond donors (Lipinski definition) is 0. The summed E-state index contributed by atoms with van der Waals surface area (Å²) in [5, 5.41) is 0. The lowest BCUT2D eigenvalue weighted by Gasteiger charge is -2.18. The van der Waals surface area contributed by atoms with E-state index in [0.717, 1.165) is 69.6 Å². The van der Waals surface area contributed by atoms with Crippen molar-refractivity contribution < 1.29 is 28.6 Å². The maximum absolute atomic E-state index is 12.8. The van der Waals surface area contributed by atoms with Crippen molar-refractivity contribution in [1.82, 2.24) is 0 Å². The monoisotopic (exact) mass is 821 g/mol. The Kier molecular flexibility index (Phi) is 43.7. The molecule has 0 aliphatic rings. The first-order valence-electron chi connectivity index (χ1n) is 25.8. The molecular weight excluding hydrogens is 721 g/mol. The van der Waals surface area contributed by atoms with Crippen LogP contribution in [-0.2, 0) is 28.6 Å². The van der Waals surface area contributed by atoms with E-state index in [0.29, 0.717) is 19.3 Å².